The quantitative estimate of drug-likeness (QED) is 0.660. The van der Waals surface area contributed by atoms with Crippen molar-refractivity contribution in [2.24, 2.45) is 0 Å². The van der Waals surface area contributed by atoms with Crippen molar-refractivity contribution >= 4 is 18.2 Å². The van der Waals surface area contributed by atoms with Crippen molar-refractivity contribution in [3.8, 4) is 0 Å². The fourth-order valence-electron chi connectivity index (χ4n) is 3.19. The zero-order valence-corrected chi connectivity index (χ0v) is 16.9. The summed E-state index contributed by atoms with van der Waals surface area (Å²) in [6, 6.07) is 6.33. The number of hydrogen-bond donors (Lipinski definition) is 1. The standard InChI is InChI=1S/C12H18N4O2.C8H8FNO/c1-8(2)10-9(3)18-12-13-11(14-16(10)12)15-4-6-17-7-5-15;9-8-4-2-1-3-7(8)5-10-6-11/h8H,4-7H2,1-3H3;1-4,6H,5H2,(H,10,11). The largest absolute Gasteiger partial charge is 0.427 e. The van der Waals surface area contributed by atoms with E-state index in [0.29, 0.717) is 23.7 Å². The molecule has 156 valence electrons. The Kier molecular flexibility index (Phi) is 6.82. The van der Waals surface area contributed by atoms with Crippen LogP contribution in [0.4, 0.5) is 10.3 Å². The van der Waals surface area contributed by atoms with E-state index in [9.17, 15) is 9.18 Å². The number of nitrogens with zero attached hydrogens (tertiary/aromatic N) is 4. The van der Waals surface area contributed by atoms with Crippen molar-refractivity contribution in [2.45, 2.75) is 33.2 Å². The lowest BCUT2D eigenvalue weighted by Crippen LogP contribution is -2.37. The Labute approximate surface area is 168 Å². The first kappa shape index (κ1) is 20.8. The minimum Gasteiger partial charge on any atom is -0.427 e. The highest BCUT2D eigenvalue weighted by Crippen LogP contribution is 2.24. The van der Waals surface area contributed by atoms with E-state index in [0.717, 1.165) is 43.7 Å². The van der Waals surface area contributed by atoms with Crippen LogP contribution in [-0.2, 0) is 16.1 Å². The maximum absolute atomic E-state index is 12.8. The molecule has 2 aromatic heterocycles. The van der Waals surface area contributed by atoms with Gasteiger partial charge in [0.1, 0.15) is 11.6 Å². The van der Waals surface area contributed by atoms with Crippen molar-refractivity contribution in [2.75, 3.05) is 31.2 Å². The van der Waals surface area contributed by atoms with Gasteiger partial charge in [-0.2, -0.15) is 9.50 Å². The molecule has 0 atom stereocenters. The Hall–Kier alpha value is -2.94. The van der Waals surface area contributed by atoms with Crippen LogP contribution in [0.2, 0.25) is 0 Å². The normalized spacial score (nSPS) is 14.0. The molecular formula is C20H26FN5O3. The number of fused-ring (bicyclic) bond motifs is 1. The van der Waals surface area contributed by atoms with Crippen LogP contribution in [0, 0.1) is 12.7 Å². The van der Waals surface area contributed by atoms with Gasteiger partial charge in [0.15, 0.2) is 0 Å². The third-order valence-corrected chi connectivity index (χ3v) is 4.57. The summed E-state index contributed by atoms with van der Waals surface area (Å²) in [5, 5.41) is 6.95. The van der Waals surface area contributed by atoms with Gasteiger partial charge in [-0.1, -0.05) is 32.0 Å². The summed E-state index contributed by atoms with van der Waals surface area (Å²) >= 11 is 0. The molecule has 0 saturated carbocycles. The van der Waals surface area contributed by atoms with Crippen LogP contribution in [0.5, 0.6) is 0 Å². The van der Waals surface area contributed by atoms with E-state index < -0.39 is 0 Å². The number of aryl methyl sites for hydroxylation is 1. The summed E-state index contributed by atoms with van der Waals surface area (Å²) in [7, 11) is 0. The van der Waals surface area contributed by atoms with E-state index in [1.165, 1.54) is 6.07 Å². The summed E-state index contributed by atoms with van der Waals surface area (Å²) in [5.74, 6) is 2.29. The molecule has 1 N–H and O–H groups in total. The molecule has 8 nitrogen and oxygen atoms in total. The molecule has 0 radical (unpaired) electrons. The minimum absolute atomic E-state index is 0.246. The number of hydrogen-bond acceptors (Lipinski definition) is 6. The second-order valence-electron chi connectivity index (χ2n) is 6.99. The van der Waals surface area contributed by atoms with Gasteiger partial charge in [0, 0.05) is 25.2 Å². The van der Waals surface area contributed by atoms with Crippen LogP contribution in [0.3, 0.4) is 0 Å². The molecule has 1 aliphatic heterocycles. The Morgan fingerprint density at radius 1 is 1.28 bits per heavy atom. The Morgan fingerprint density at radius 3 is 2.66 bits per heavy atom. The molecule has 1 saturated heterocycles. The van der Waals surface area contributed by atoms with Crippen LogP contribution >= 0.6 is 0 Å². The van der Waals surface area contributed by atoms with Gasteiger partial charge in [0.05, 0.1) is 18.9 Å². The number of carbonyl (C=O) groups is 1. The highest BCUT2D eigenvalue weighted by Gasteiger charge is 2.21. The average molecular weight is 403 g/mol. The molecule has 9 heteroatoms. The van der Waals surface area contributed by atoms with Crippen molar-refractivity contribution < 1.29 is 18.3 Å². The number of benzene rings is 1. The van der Waals surface area contributed by atoms with Gasteiger partial charge in [0.25, 0.3) is 0 Å². The van der Waals surface area contributed by atoms with Gasteiger partial charge in [-0.15, -0.1) is 5.10 Å². The predicted molar refractivity (Wildman–Crippen MR) is 106 cm³/mol. The molecule has 0 spiro atoms. The average Bonchev–Trinajstić information content (AvgIpc) is 3.25. The van der Waals surface area contributed by atoms with Crippen LogP contribution in [-0.4, -0.2) is 47.3 Å². The Bertz CT molecular complexity index is 947. The smallest absolute Gasteiger partial charge is 0.326 e. The van der Waals surface area contributed by atoms with E-state index in [4.69, 9.17) is 9.15 Å². The van der Waals surface area contributed by atoms with Crippen molar-refractivity contribution in [3.63, 3.8) is 0 Å². The third kappa shape index (κ3) is 4.92. The second-order valence-corrected chi connectivity index (χ2v) is 6.99. The summed E-state index contributed by atoms with van der Waals surface area (Å²) in [6.07, 6.45) is 0.548. The SMILES string of the molecule is Cc1oc2nc(N3CCOCC3)nn2c1C(C)C.O=CNCc1ccccc1F. The van der Waals surface area contributed by atoms with E-state index >= 15 is 0 Å². The number of rotatable bonds is 5. The molecule has 29 heavy (non-hydrogen) atoms. The molecule has 1 aromatic carbocycles. The fraction of sp³-hybridized carbons (Fsp3) is 0.450. The lowest BCUT2D eigenvalue weighted by atomic mass is 10.1. The molecule has 1 amide bonds. The van der Waals surface area contributed by atoms with Gasteiger partial charge in [-0.3, -0.25) is 4.79 Å². The molecule has 3 heterocycles. The highest BCUT2D eigenvalue weighted by molar-refractivity contribution is 5.46. The number of carbonyl (C=O) groups excluding carboxylic acids is 1. The fourth-order valence-corrected chi connectivity index (χ4v) is 3.19. The van der Waals surface area contributed by atoms with E-state index in [1.807, 2.05) is 11.4 Å². The zero-order valence-electron chi connectivity index (χ0n) is 16.9. The first-order chi connectivity index (χ1) is 14.0. The maximum atomic E-state index is 12.8. The number of aromatic nitrogens is 3. The lowest BCUT2D eigenvalue weighted by Gasteiger charge is -2.25. The second kappa shape index (κ2) is 9.51. The van der Waals surface area contributed by atoms with Crippen LogP contribution in [0.15, 0.2) is 28.7 Å². The number of morpholine rings is 1. The number of halogens is 1. The number of anilines is 1. The first-order valence-electron chi connectivity index (χ1n) is 9.60. The summed E-state index contributed by atoms with van der Waals surface area (Å²) in [4.78, 5) is 16.4. The van der Waals surface area contributed by atoms with Gasteiger partial charge < -0.3 is 19.4 Å². The maximum Gasteiger partial charge on any atom is 0.326 e. The van der Waals surface area contributed by atoms with E-state index in [-0.39, 0.29) is 12.4 Å². The van der Waals surface area contributed by atoms with Crippen molar-refractivity contribution in [3.05, 3.63) is 47.1 Å². The van der Waals surface area contributed by atoms with Gasteiger partial charge in [0.2, 0.25) is 12.4 Å². The summed E-state index contributed by atoms with van der Waals surface area (Å²) < 4.78 is 25.6. The molecule has 4 rings (SSSR count). The number of ether oxygens (including phenoxy) is 1. The van der Waals surface area contributed by atoms with Crippen LogP contribution in [0.25, 0.3) is 5.84 Å². The van der Waals surface area contributed by atoms with Gasteiger partial charge >= 0.3 is 5.84 Å². The molecule has 0 aliphatic carbocycles. The van der Waals surface area contributed by atoms with Crippen LogP contribution < -0.4 is 10.2 Å². The van der Waals surface area contributed by atoms with Crippen LogP contribution in [0.1, 0.15) is 36.8 Å². The molecular weight excluding hydrogens is 377 g/mol. The molecule has 3 aromatic rings. The van der Waals surface area contributed by atoms with Crippen molar-refractivity contribution in [1.82, 2.24) is 19.9 Å². The molecule has 0 bridgehead atoms. The molecule has 1 fully saturated rings. The van der Waals surface area contributed by atoms with E-state index in [2.05, 4.69) is 34.1 Å². The Morgan fingerprint density at radius 2 is 2.00 bits per heavy atom. The van der Waals surface area contributed by atoms with Gasteiger partial charge in [-0.05, 0) is 18.9 Å². The third-order valence-electron chi connectivity index (χ3n) is 4.57. The predicted octanol–water partition coefficient (Wildman–Crippen LogP) is 2.66. The topological polar surface area (TPSA) is 84.9 Å². The first-order valence-corrected chi connectivity index (χ1v) is 9.60. The summed E-state index contributed by atoms with van der Waals surface area (Å²) in [5.41, 5.74) is 1.59. The van der Waals surface area contributed by atoms with Crippen molar-refractivity contribution in [1.29, 1.82) is 0 Å². The number of nitrogens with one attached hydrogen (secondary N) is 1. The monoisotopic (exact) mass is 403 g/mol. The molecule has 1 aliphatic rings. The number of oxazole rings is 1. The number of amides is 1. The summed E-state index contributed by atoms with van der Waals surface area (Å²) in [6.45, 7) is 9.61. The van der Waals surface area contributed by atoms with Gasteiger partial charge in [-0.25, -0.2) is 4.39 Å². The highest BCUT2D eigenvalue weighted by atomic mass is 19.1. The lowest BCUT2D eigenvalue weighted by molar-refractivity contribution is -0.109. The molecule has 0 unspecified atom stereocenters. The minimum atomic E-state index is -0.290. The zero-order chi connectivity index (χ0) is 20.8. The Balaban J connectivity index is 0.000000188. The van der Waals surface area contributed by atoms with E-state index in [1.54, 1.807) is 18.2 Å².